The van der Waals surface area contributed by atoms with Crippen LogP contribution in [0.3, 0.4) is 0 Å². The van der Waals surface area contributed by atoms with Crippen molar-refractivity contribution in [2.75, 3.05) is 25.6 Å². The third kappa shape index (κ3) is 14.3. The average molecular weight is 535 g/mol. The van der Waals surface area contributed by atoms with Gasteiger partial charge in [0, 0.05) is 17.4 Å². The molecule has 0 spiro atoms. The summed E-state index contributed by atoms with van der Waals surface area (Å²) >= 11 is 0. The monoisotopic (exact) mass is 534 g/mol. The van der Waals surface area contributed by atoms with Crippen LogP contribution < -0.4 is 9.47 Å². The molecule has 4 nitrogen and oxygen atoms in total. The van der Waals surface area contributed by atoms with Crippen LogP contribution in [0.2, 0.25) is 0 Å². The third-order valence-corrected chi connectivity index (χ3v) is 9.37. The van der Waals surface area contributed by atoms with E-state index in [0.717, 1.165) is 30.3 Å². The number of hydrogen-bond acceptors (Lipinski definition) is 6. The summed E-state index contributed by atoms with van der Waals surface area (Å²) in [5.74, 6) is 5.19. The molecule has 0 N–H and O–H groups in total. The number of unbranched alkanes of at least 4 members (excludes halogenated alkanes) is 10. The number of esters is 1. The highest BCUT2D eigenvalue weighted by Gasteiger charge is 2.16. The lowest BCUT2D eigenvalue weighted by Crippen LogP contribution is -2.12. The Morgan fingerprint density at radius 3 is 2.39 bits per heavy atom. The Balaban J connectivity index is 1.50. The van der Waals surface area contributed by atoms with Gasteiger partial charge in [0.05, 0.1) is 12.2 Å². The van der Waals surface area contributed by atoms with Crippen LogP contribution in [0, 0.1) is 12.3 Å². The molecule has 0 amide bonds. The van der Waals surface area contributed by atoms with Crippen molar-refractivity contribution < 1.29 is 19.0 Å². The maximum absolute atomic E-state index is 11.9. The first kappa shape index (κ1) is 30.8. The van der Waals surface area contributed by atoms with E-state index in [1.807, 2.05) is 39.8 Å². The molecule has 1 aromatic rings. The molecule has 0 bridgehead atoms. The van der Waals surface area contributed by atoms with Crippen LogP contribution in [-0.4, -0.2) is 36.8 Å². The quantitative estimate of drug-likeness (QED) is 0.0681. The van der Waals surface area contributed by atoms with Crippen LogP contribution >= 0.6 is 21.6 Å². The molecule has 2 rings (SSSR count). The summed E-state index contributed by atoms with van der Waals surface area (Å²) in [5, 5.41) is 0.767. The zero-order valence-electron chi connectivity index (χ0n) is 22.3. The summed E-state index contributed by atoms with van der Waals surface area (Å²) in [4.78, 5) is 11.9. The minimum absolute atomic E-state index is 0.146. The predicted octanol–water partition coefficient (Wildman–Crippen LogP) is 8.60. The molecular weight excluding hydrogens is 488 g/mol. The Hall–Kier alpha value is -1.45. The molecular formula is C30H46O4S2. The molecule has 0 radical (unpaired) electrons. The summed E-state index contributed by atoms with van der Waals surface area (Å²) in [6.45, 7) is 3.50. The van der Waals surface area contributed by atoms with Gasteiger partial charge in [-0.15, -0.1) is 6.42 Å². The molecule has 0 saturated carbocycles. The van der Waals surface area contributed by atoms with E-state index < -0.39 is 0 Å². The molecule has 1 aromatic carbocycles. The van der Waals surface area contributed by atoms with Gasteiger partial charge in [-0.3, -0.25) is 4.79 Å². The summed E-state index contributed by atoms with van der Waals surface area (Å²) in [6, 6.07) is 5.54. The van der Waals surface area contributed by atoms with E-state index in [4.69, 9.17) is 20.6 Å². The van der Waals surface area contributed by atoms with Gasteiger partial charge in [-0.25, -0.2) is 0 Å². The minimum Gasteiger partial charge on any atom is -0.492 e. The number of rotatable bonds is 21. The van der Waals surface area contributed by atoms with Crippen molar-refractivity contribution in [1.82, 2.24) is 0 Å². The Bertz CT molecular complexity index is 756. The fourth-order valence-corrected chi connectivity index (χ4v) is 7.23. The van der Waals surface area contributed by atoms with Gasteiger partial charge in [-0.2, -0.15) is 0 Å². The Kier molecular flexibility index (Phi) is 17.6. The second-order valence-corrected chi connectivity index (χ2v) is 12.3. The minimum atomic E-state index is -0.146. The molecule has 202 valence electrons. The van der Waals surface area contributed by atoms with Gasteiger partial charge in [-0.1, -0.05) is 98.6 Å². The van der Waals surface area contributed by atoms with Crippen LogP contribution in [0.15, 0.2) is 18.2 Å². The maximum Gasteiger partial charge on any atom is 0.305 e. The van der Waals surface area contributed by atoms with Crippen molar-refractivity contribution in [3.8, 4) is 23.8 Å². The van der Waals surface area contributed by atoms with Gasteiger partial charge in [0.25, 0.3) is 0 Å². The SMILES string of the molecule is C#Cc1cc(OCCOC(=O)CCCCC2CCSS2)ccc1OCCCCCCCCCCCC. The maximum atomic E-state index is 11.9. The van der Waals surface area contributed by atoms with E-state index in [1.165, 1.54) is 76.4 Å². The van der Waals surface area contributed by atoms with Crippen molar-refractivity contribution in [3.63, 3.8) is 0 Å². The van der Waals surface area contributed by atoms with Gasteiger partial charge >= 0.3 is 5.97 Å². The lowest BCUT2D eigenvalue weighted by molar-refractivity contribution is -0.144. The molecule has 1 heterocycles. The second-order valence-electron chi connectivity index (χ2n) is 9.48. The Morgan fingerprint density at radius 1 is 0.944 bits per heavy atom. The summed E-state index contributed by atoms with van der Waals surface area (Å²) < 4.78 is 16.9. The second kappa shape index (κ2) is 20.6. The fourth-order valence-electron chi connectivity index (χ4n) is 4.20. The molecule has 1 fully saturated rings. The van der Waals surface area contributed by atoms with Gasteiger partial charge in [0.15, 0.2) is 0 Å². The standard InChI is InChI=1S/C30H46O4S2/c1-3-5-6-7-8-9-10-11-12-15-21-33-29-19-18-27(25-26(29)4-2)32-22-23-34-30(31)17-14-13-16-28-20-24-35-36-28/h2,18-19,25,28H,3,5-17,20-24H2,1H3. The molecule has 1 unspecified atom stereocenters. The molecule has 1 aliphatic heterocycles. The molecule has 1 atom stereocenters. The van der Waals surface area contributed by atoms with Crippen LogP contribution in [-0.2, 0) is 9.53 Å². The van der Waals surface area contributed by atoms with E-state index >= 15 is 0 Å². The molecule has 0 aliphatic carbocycles. The molecule has 1 saturated heterocycles. The smallest absolute Gasteiger partial charge is 0.305 e. The van der Waals surface area contributed by atoms with Crippen LogP contribution in [0.25, 0.3) is 0 Å². The van der Waals surface area contributed by atoms with Crippen molar-refractivity contribution >= 4 is 27.6 Å². The van der Waals surface area contributed by atoms with E-state index in [2.05, 4.69) is 12.8 Å². The fraction of sp³-hybridized carbons (Fsp3) is 0.700. The zero-order chi connectivity index (χ0) is 25.7. The number of benzene rings is 1. The molecule has 6 heteroatoms. The summed E-state index contributed by atoms with van der Waals surface area (Å²) in [6.07, 6.45) is 23.7. The lowest BCUT2D eigenvalue weighted by Gasteiger charge is -2.12. The summed E-state index contributed by atoms with van der Waals surface area (Å²) in [7, 11) is 3.96. The molecule has 1 aliphatic rings. The van der Waals surface area contributed by atoms with Gasteiger partial charge in [-0.05, 0) is 43.9 Å². The Morgan fingerprint density at radius 2 is 1.69 bits per heavy atom. The van der Waals surface area contributed by atoms with Crippen molar-refractivity contribution in [2.45, 2.75) is 108 Å². The highest BCUT2D eigenvalue weighted by atomic mass is 33.1. The lowest BCUT2D eigenvalue weighted by atomic mass is 10.1. The van der Waals surface area contributed by atoms with E-state index in [0.29, 0.717) is 30.9 Å². The average Bonchev–Trinajstić information content (AvgIpc) is 3.42. The number of hydrogen-bond donors (Lipinski definition) is 0. The summed E-state index contributed by atoms with van der Waals surface area (Å²) in [5.41, 5.74) is 0.690. The van der Waals surface area contributed by atoms with Crippen LogP contribution in [0.4, 0.5) is 0 Å². The van der Waals surface area contributed by atoms with Crippen molar-refractivity contribution in [2.24, 2.45) is 0 Å². The number of carbonyl (C=O) groups excluding carboxylic acids is 1. The first-order chi connectivity index (χ1) is 17.7. The Labute approximate surface area is 227 Å². The molecule has 0 aromatic heterocycles. The predicted molar refractivity (Wildman–Crippen MR) is 155 cm³/mol. The topological polar surface area (TPSA) is 44.8 Å². The first-order valence-corrected chi connectivity index (χ1v) is 16.4. The molecule has 36 heavy (non-hydrogen) atoms. The highest BCUT2D eigenvalue weighted by Crippen LogP contribution is 2.39. The zero-order valence-corrected chi connectivity index (χ0v) is 23.9. The van der Waals surface area contributed by atoms with Crippen molar-refractivity contribution in [1.29, 1.82) is 0 Å². The normalized spacial score (nSPS) is 14.9. The number of carbonyl (C=O) groups is 1. The highest BCUT2D eigenvalue weighted by molar-refractivity contribution is 8.77. The first-order valence-electron chi connectivity index (χ1n) is 14.0. The van der Waals surface area contributed by atoms with Gasteiger partial charge in [0.1, 0.15) is 24.7 Å². The third-order valence-electron chi connectivity index (χ3n) is 6.36. The largest absolute Gasteiger partial charge is 0.492 e. The van der Waals surface area contributed by atoms with E-state index in [-0.39, 0.29) is 12.6 Å². The van der Waals surface area contributed by atoms with Gasteiger partial charge < -0.3 is 14.2 Å². The van der Waals surface area contributed by atoms with E-state index in [1.54, 1.807) is 0 Å². The van der Waals surface area contributed by atoms with Crippen LogP contribution in [0.1, 0.15) is 109 Å². The van der Waals surface area contributed by atoms with E-state index in [9.17, 15) is 4.79 Å². The number of ether oxygens (including phenoxy) is 3. The number of terminal acetylenes is 1. The van der Waals surface area contributed by atoms with Crippen LogP contribution in [0.5, 0.6) is 11.5 Å². The van der Waals surface area contributed by atoms with Crippen molar-refractivity contribution in [3.05, 3.63) is 23.8 Å². The van der Waals surface area contributed by atoms with Gasteiger partial charge in [0.2, 0.25) is 0 Å².